The second-order valence-electron chi connectivity index (χ2n) is 6.58. The summed E-state index contributed by atoms with van der Waals surface area (Å²) >= 11 is 2.42. The van der Waals surface area contributed by atoms with E-state index in [2.05, 4.69) is 48.7 Å². The molecule has 0 saturated heterocycles. The van der Waals surface area contributed by atoms with E-state index >= 15 is 0 Å². The van der Waals surface area contributed by atoms with Gasteiger partial charge in [-0.05, 0) is 53.7 Å². The lowest BCUT2D eigenvalue weighted by atomic mass is 10.1. The summed E-state index contributed by atoms with van der Waals surface area (Å²) in [7, 11) is 0. The summed E-state index contributed by atoms with van der Waals surface area (Å²) in [6.07, 6.45) is 4.95. The number of hydrogen-bond donors (Lipinski definition) is 1. The molecule has 0 aliphatic heterocycles. The van der Waals surface area contributed by atoms with Crippen LogP contribution in [0.1, 0.15) is 69.8 Å². The van der Waals surface area contributed by atoms with Gasteiger partial charge in [0.1, 0.15) is 11.6 Å². The number of rotatable bonds is 5. The molecule has 1 N–H and O–H groups in total. The minimum Gasteiger partial charge on any atom is -0.369 e. The maximum atomic E-state index is 4.90. The Bertz CT molecular complexity index is 494. The molecule has 0 radical (unpaired) electrons. The molecule has 4 heteroatoms. The fourth-order valence-corrected chi connectivity index (χ4v) is 3.41. The summed E-state index contributed by atoms with van der Waals surface area (Å²) in [4.78, 5) is 9.71. The first-order valence-corrected chi connectivity index (χ1v) is 8.42. The van der Waals surface area contributed by atoms with Gasteiger partial charge in [0.2, 0.25) is 0 Å². The van der Waals surface area contributed by atoms with Gasteiger partial charge in [0, 0.05) is 18.4 Å². The zero-order chi connectivity index (χ0) is 13.6. The van der Waals surface area contributed by atoms with E-state index in [1.165, 1.54) is 28.5 Å². The Morgan fingerprint density at radius 1 is 1.32 bits per heavy atom. The van der Waals surface area contributed by atoms with Gasteiger partial charge < -0.3 is 5.32 Å². The van der Waals surface area contributed by atoms with Crippen molar-refractivity contribution in [2.75, 3.05) is 11.9 Å². The van der Waals surface area contributed by atoms with Gasteiger partial charge >= 0.3 is 0 Å². The Kier molecular flexibility index (Phi) is 3.48. The number of aromatic nitrogens is 2. The van der Waals surface area contributed by atoms with E-state index in [1.807, 2.05) is 0 Å². The first kappa shape index (κ1) is 13.6. The molecule has 1 atom stereocenters. The monoisotopic (exact) mass is 371 g/mol. The molecule has 104 valence electrons. The molecule has 19 heavy (non-hydrogen) atoms. The number of nitrogens with zero attached hydrogens (tertiary/aromatic N) is 2. The Morgan fingerprint density at radius 3 is 2.53 bits per heavy atom. The van der Waals surface area contributed by atoms with Gasteiger partial charge in [-0.2, -0.15) is 0 Å². The Labute approximate surface area is 129 Å². The quantitative estimate of drug-likeness (QED) is 0.785. The standard InChI is InChI=1S/C15H22IN3/c1-4-7-17-14-11(16)12(9-5-6-9)18-13(19-14)10-8-15(10,2)3/h9-10H,4-8H2,1-3H3,(H,17,18,19). The molecule has 1 unspecified atom stereocenters. The van der Waals surface area contributed by atoms with Gasteiger partial charge in [0.15, 0.2) is 0 Å². The zero-order valence-electron chi connectivity index (χ0n) is 12.0. The lowest BCUT2D eigenvalue weighted by Crippen LogP contribution is -2.10. The lowest BCUT2D eigenvalue weighted by molar-refractivity contribution is 0.606. The Balaban J connectivity index is 1.94. The van der Waals surface area contributed by atoms with Crippen molar-refractivity contribution in [2.24, 2.45) is 5.41 Å². The number of halogens is 1. The molecule has 0 aromatic carbocycles. The zero-order valence-corrected chi connectivity index (χ0v) is 14.1. The van der Waals surface area contributed by atoms with Crippen LogP contribution < -0.4 is 5.32 Å². The van der Waals surface area contributed by atoms with Gasteiger partial charge in [-0.3, -0.25) is 0 Å². The van der Waals surface area contributed by atoms with Crippen molar-refractivity contribution in [3.8, 4) is 0 Å². The predicted molar refractivity (Wildman–Crippen MR) is 86.6 cm³/mol. The molecule has 3 rings (SSSR count). The number of hydrogen-bond acceptors (Lipinski definition) is 3. The predicted octanol–water partition coefficient (Wildman–Crippen LogP) is 4.29. The van der Waals surface area contributed by atoms with Crippen molar-refractivity contribution in [3.05, 3.63) is 15.1 Å². The Hall–Kier alpha value is -0.390. The van der Waals surface area contributed by atoms with Crippen LogP contribution in [0.25, 0.3) is 0 Å². The van der Waals surface area contributed by atoms with Gasteiger partial charge in [-0.25, -0.2) is 9.97 Å². The molecule has 2 aliphatic rings. The van der Waals surface area contributed by atoms with Crippen LogP contribution in [0, 0.1) is 8.99 Å². The smallest absolute Gasteiger partial charge is 0.143 e. The molecule has 3 nitrogen and oxygen atoms in total. The normalized spacial score (nSPS) is 24.3. The lowest BCUT2D eigenvalue weighted by Gasteiger charge is -2.13. The van der Waals surface area contributed by atoms with Crippen molar-refractivity contribution in [1.82, 2.24) is 9.97 Å². The van der Waals surface area contributed by atoms with Crippen LogP contribution in [0.3, 0.4) is 0 Å². The van der Waals surface area contributed by atoms with Crippen LogP contribution in [0.4, 0.5) is 5.82 Å². The van der Waals surface area contributed by atoms with E-state index in [1.54, 1.807) is 0 Å². The highest BCUT2D eigenvalue weighted by atomic mass is 127. The summed E-state index contributed by atoms with van der Waals surface area (Å²) < 4.78 is 1.25. The fraction of sp³-hybridized carbons (Fsp3) is 0.733. The van der Waals surface area contributed by atoms with Gasteiger partial charge in [-0.1, -0.05) is 20.8 Å². The first-order valence-electron chi connectivity index (χ1n) is 7.34. The minimum atomic E-state index is 0.398. The number of nitrogens with one attached hydrogen (secondary N) is 1. The number of anilines is 1. The Morgan fingerprint density at radius 2 is 2.00 bits per heavy atom. The topological polar surface area (TPSA) is 37.8 Å². The van der Waals surface area contributed by atoms with E-state index in [9.17, 15) is 0 Å². The maximum absolute atomic E-state index is 4.90. The van der Waals surface area contributed by atoms with E-state index < -0.39 is 0 Å². The summed E-state index contributed by atoms with van der Waals surface area (Å²) in [6.45, 7) is 7.81. The first-order chi connectivity index (χ1) is 9.03. The molecule has 0 amide bonds. The molecule has 1 aromatic heterocycles. The van der Waals surface area contributed by atoms with Crippen molar-refractivity contribution in [2.45, 2.75) is 58.3 Å². The maximum Gasteiger partial charge on any atom is 0.143 e. The van der Waals surface area contributed by atoms with Crippen LogP contribution in [-0.4, -0.2) is 16.5 Å². The highest BCUT2D eigenvalue weighted by molar-refractivity contribution is 14.1. The van der Waals surface area contributed by atoms with Crippen LogP contribution in [0.2, 0.25) is 0 Å². The van der Waals surface area contributed by atoms with Gasteiger partial charge in [-0.15, -0.1) is 0 Å². The molecule has 2 saturated carbocycles. The third-order valence-electron chi connectivity index (χ3n) is 4.23. The van der Waals surface area contributed by atoms with Crippen molar-refractivity contribution >= 4 is 28.4 Å². The summed E-state index contributed by atoms with van der Waals surface area (Å²) in [5, 5.41) is 3.48. The van der Waals surface area contributed by atoms with Crippen LogP contribution >= 0.6 is 22.6 Å². The van der Waals surface area contributed by atoms with E-state index in [4.69, 9.17) is 9.97 Å². The molecule has 0 bridgehead atoms. The molecule has 0 spiro atoms. The van der Waals surface area contributed by atoms with Crippen molar-refractivity contribution in [3.63, 3.8) is 0 Å². The third kappa shape index (κ3) is 2.73. The van der Waals surface area contributed by atoms with Crippen LogP contribution in [-0.2, 0) is 0 Å². The average molecular weight is 371 g/mol. The van der Waals surface area contributed by atoms with Crippen molar-refractivity contribution < 1.29 is 0 Å². The molecule has 2 aliphatic carbocycles. The summed E-state index contributed by atoms with van der Waals surface area (Å²) in [6, 6.07) is 0. The second kappa shape index (κ2) is 4.86. The van der Waals surface area contributed by atoms with Crippen LogP contribution in [0.15, 0.2) is 0 Å². The third-order valence-corrected chi connectivity index (χ3v) is 5.29. The SMILES string of the molecule is CCCNc1nc(C2CC2(C)C)nc(C2CC2)c1I. The van der Waals surface area contributed by atoms with E-state index in [-0.39, 0.29) is 0 Å². The highest BCUT2D eigenvalue weighted by Crippen LogP contribution is 2.58. The summed E-state index contributed by atoms with van der Waals surface area (Å²) in [5.41, 5.74) is 1.70. The molecular weight excluding hydrogens is 349 g/mol. The van der Waals surface area contributed by atoms with E-state index in [0.29, 0.717) is 17.3 Å². The summed E-state index contributed by atoms with van der Waals surface area (Å²) in [5.74, 6) is 3.39. The van der Waals surface area contributed by atoms with E-state index in [0.717, 1.165) is 24.6 Å². The van der Waals surface area contributed by atoms with Crippen molar-refractivity contribution in [1.29, 1.82) is 0 Å². The van der Waals surface area contributed by atoms with Gasteiger partial charge in [0.25, 0.3) is 0 Å². The highest BCUT2D eigenvalue weighted by Gasteiger charge is 2.49. The molecule has 1 aromatic rings. The van der Waals surface area contributed by atoms with Crippen LogP contribution in [0.5, 0.6) is 0 Å². The van der Waals surface area contributed by atoms with Gasteiger partial charge in [0.05, 0.1) is 9.26 Å². The largest absolute Gasteiger partial charge is 0.369 e. The molecule has 1 heterocycles. The minimum absolute atomic E-state index is 0.398. The molecular formula is C15H22IN3. The molecule has 2 fully saturated rings. The fourth-order valence-electron chi connectivity index (χ4n) is 2.53. The second-order valence-corrected chi connectivity index (χ2v) is 7.65. The average Bonchev–Trinajstić information content (AvgIpc) is 3.25.